The number of non-ortho nitro benzene ring substituents is 1. The number of pyridine rings is 1. The molecule has 3 heterocycles. The summed E-state index contributed by atoms with van der Waals surface area (Å²) in [5.41, 5.74) is 0.326. The molecule has 0 N–H and O–H groups in total. The third kappa shape index (κ3) is 3.46. The summed E-state index contributed by atoms with van der Waals surface area (Å²) < 4.78 is 34.5. The highest BCUT2D eigenvalue weighted by Crippen LogP contribution is 2.35. The van der Waals surface area contributed by atoms with Crippen LogP contribution in [-0.4, -0.2) is 58.5 Å². The molecule has 0 spiro atoms. The molecule has 0 bridgehead atoms. The first-order chi connectivity index (χ1) is 13.5. The second kappa shape index (κ2) is 7.47. The van der Waals surface area contributed by atoms with Gasteiger partial charge in [-0.15, -0.1) is 10.2 Å². The molecule has 12 heteroatoms. The highest BCUT2D eigenvalue weighted by Gasteiger charge is 2.31. The van der Waals surface area contributed by atoms with Gasteiger partial charge in [-0.1, -0.05) is 6.07 Å². The van der Waals surface area contributed by atoms with Gasteiger partial charge >= 0.3 is 0 Å². The van der Waals surface area contributed by atoms with Crippen molar-refractivity contribution in [2.24, 2.45) is 0 Å². The van der Waals surface area contributed by atoms with Gasteiger partial charge in [-0.3, -0.25) is 14.5 Å². The molecular weight excluding hydrogens is 406 g/mol. The molecular formula is C16H15N5O5S2. The van der Waals surface area contributed by atoms with Crippen LogP contribution >= 0.6 is 11.8 Å². The van der Waals surface area contributed by atoms with Crippen LogP contribution in [-0.2, 0) is 14.8 Å². The number of hydrogen-bond donors (Lipinski definition) is 0. The summed E-state index contributed by atoms with van der Waals surface area (Å²) in [7, 11) is -3.93. The molecule has 0 amide bonds. The van der Waals surface area contributed by atoms with E-state index in [0.717, 1.165) is 17.8 Å². The molecule has 3 aromatic rings. The quantitative estimate of drug-likeness (QED) is 0.452. The van der Waals surface area contributed by atoms with E-state index < -0.39 is 14.9 Å². The van der Waals surface area contributed by atoms with E-state index in [9.17, 15) is 18.5 Å². The molecule has 28 heavy (non-hydrogen) atoms. The van der Waals surface area contributed by atoms with Crippen molar-refractivity contribution in [3.8, 4) is 0 Å². The summed E-state index contributed by atoms with van der Waals surface area (Å²) in [5, 5.41) is 19.8. The zero-order valence-electron chi connectivity index (χ0n) is 14.5. The van der Waals surface area contributed by atoms with Crippen LogP contribution in [0.15, 0.2) is 57.5 Å². The lowest BCUT2D eigenvalue weighted by molar-refractivity contribution is -0.385. The predicted octanol–water partition coefficient (Wildman–Crippen LogP) is 1.81. The number of nitro groups is 1. The molecule has 0 atom stereocenters. The first-order valence-electron chi connectivity index (χ1n) is 8.31. The van der Waals surface area contributed by atoms with Gasteiger partial charge in [-0.2, -0.15) is 4.31 Å². The Morgan fingerprint density at radius 1 is 1.14 bits per heavy atom. The number of ether oxygens (including phenoxy) is 1. The van der Waals surface area contributed by atoms with Crippen LogP contribution in [0, 0.1) is 10.1 Å². The van der Waals surface area contributed by atoms with Crippen molar-refractivity contribution >= 4 is 33.1 Å². The normalized spacial score (nSPS) is 15.7. The molecule has 146 valence electrons. The zero-order valence-corrected chi connectivity index (χ0v) is 16.1. The van der Waals surface area contributed by atoms with Gasteiger partial charge in [-0.05, 0) is 30.0 Å². The largest absolute Gasteiger partial charge is 0.379 e. The van der Waals surface area contributed by atoms with E-state index in [2.05, 4.69) is 10.2 Å². The summed E-state index contributed by atoms with van der Waals surface area (Å²) in [6.45, 7) is 0.961. The van der Waals surface area contributed by atoms with Crippen LogP contribution < -0.4 is 0 Å². The minimum absolute atomic E-state index is 0.124. The Morgan fingerprint density at radius 3 is 2.68 bits per heavy atom. The highest BCUT2D eigenvalue weighted by molar-refractivity contribution is 8.00. The molecule has 1 saturated heterocycles. The Bertz CT molecular complexity index is 1140. The van der Waals surface area contributed by atoms with Crippen molar-refractivity contribution in [1.82, 2.24) is 18.9 Å². The third-order valence-corrected chi connectivity index (χ3v) is 7.31. The van der Waals surface area contributed by atoms with Crippen molar-refractivity contribution in [3.63, 3.8) is 0 Å². The summed E-state index contributed by atoms with van der Waals surface area (Å²) >= 11 is 1.09. The van der Waals surface area contributed by atoms with Gasteiger partial charge < -0.3 is 4.74 Å². The predicted molar refractivity (Wildman–Crippen MR) is 99.8 cm³/mol. The van der Waals surface area contributed by atoms with Gasteiger partial charge in [0.2, 0.25) is 10.0 Å². The maximum absolute atomic E-state index is 13.2. The summed E-state index contributed by atoms with van der Waals surface area (Å²) in [6, 6.07) is 9.21. The molecule has 2 aromatic heterocycles. The molecule has 0 aliphatic carbocycles. The van der Waals surface area contributed by atoms with E-state index in [4.69, 9.17) is 4.74 Å². The number of nitro benzene ring substituents is 1. The number of sulfonamides is 1. The fraction of sp³-hybridized carbons (Fsp3) is 0.250. The average Bonchev–Trinajstić information content (AvgIpc) is 3.12. The van der Waals surface area contributed by atoms with Crippen molar-refractivity contribution in [2.45, 2.75) is 14.9 Å². The summed E-state index contributed by atoms with van der Waals surface area (Å²) in [5.74, 6) is 0. The zero-order chi connectivity index (χ0) is 19.7. The molecule has 0 unspecified atom stereocenters. The van der Waals surface area contributed by atoms with E-state index in [1.807, 2.05) is 12.1 Å². The topological polar surface area (TPSA) is 120 Å². The van der Waals surface area contributed by atoms with Gasteiger partial charge in [-0.25, -0.2) is 8.42 Å². The smallest absolute Gasteiger partial charge is 0.270 e. The van der Waals surface area contributed by atoms with E-state index in [-0.39, 0.29) is 36.9 Å². The van der Waals surface area contributed by atoms with Gasteiger partial charge in [0.1, 0.15) is 4.90 Å². The number of aromatic nitrogens is 3. The SMILES string of the molecule is O=[N+]([O-])c1ccc(Sc2nnc3ccccn23)c(S(=O)(=O)N2CCOCC2)c1. The number of hydrogen-bond acceptors (Lipinski definition) is 8. The third-order valence-electron chi connectivity index (χ3n) is 4.21. The summed E-state index contributed by atoms with van der Waals surface area (Å²) in [4.78, 5) is 10.8. The van der Waals surface area contributed by atoms with Crippen LogP contribution in [0.4, 0.5) is 5.69 Å². The Morgan fingerprint density at radius 2 is 1.93 bits per heavy atom. The van der Waals surface area contributed by atoms with Crippen LogP contribution in [0.3, 0.4) is 0 Å². The van der Waals surface area contributed by atoms with E-state index in [0.29, 0.717) is 15.7 Å². The van der Waals surface area contributed by atoms with Crippen LogP contribution in [0.5, 0.6) is 0 Å². The summed E-state index contributed by atoms with van der Waals surface area (Å²) in [6.07, 6.45) is 1.76. The Balaban J connectivity index is 1.79. The first-order valence-corrected chi connectivity index (χ1v) is 10.6. The standard InChI is InChI=1S/C16H15N5O5S2/c22-21(23)12-4-5-13(27-16-18-17-15-3-1-2-6-20(15)16)14(11-12)28(24,25)19-7-9-26-10-8-19/h1-6,11H,7-10H2. The van der Waals surface area contributed by atoms with E-state index >= 15 is 0 Å². The van der Waals surface area contributed by atoms with Crippen LogP contribution in [0.1, 0.15) is 0 Å². The molecule has 0 saturated carbocycles. The average molecular weight is 421 g/mol. The second-order valence-electron chi connectivity index (χ2n) is 5.92. The second-order valence-corrected chi connectivity index (χ2v) is 8.83. The maximum atomic E-state index is 13.2. The molecule has 1 aromatic carbocycles. The molecule has 1 aliphatic heterocycles. The van der Waals surface area contributed by atoms with Crippen LogP contribution in [0.25, 0.3) is 5.65 Å². The molecule has 0 radical (unpaired) electrons. The van der Waals surface area contributed by atoms with Crippen molar-refractivity contribution in [1.29, 1.82) is 0 Å². The first kappa shape index (κ1) is 18.8. The number of nitrogens with zero attached hydrogens (tertiary/aromatic N) is 5. The van der Waals surface area contributed by atoms with Gasteiger partial charge in [0.25, 0.3) is 5.69 Å². The van der Waals surface area contributed by atoms with Gasteiger partial charge in [0, 0.05) is 36.3 Å². The lowest BCUT2D eigenvalue weighted by Crippen LogP contribution is -2.40. The fourth-order valence-corrected chi connectivity index (χ4v) is 5.58. The number of rotatable bonds is 5. The van der Waals surface area contributed by atoms with Gasteiger partial charge in [0.15, 0.2) is 10.8 Å². The minimum Gasteiger partial charge on any atom is -0.379 e. The van der Waals surface area contributed by atoms with E-state index in [1.54, 1.807) is 16.7 Å². The van der Waals surface area contributed by atoms with Crippen molar-refractivity contribution < 1.29 is 18.1 Å². The Labute approximate surface area is 164 Å². The number of fused-ring (bicyclic) bond motifs is 1. The maximum Gasteiger partial charge on any atom is 0.270 e. The number of benzene rings is 1. The minimum atomic E-state index is -3.93. The molecule has 1 fully saturated rings. The lowest BCUT2D eigenvalue weighted by atomic mass is 10.3. The molecule has 1 aliphatic rings. The highest BCUT2D eigenvalue weighted by atomic mass is 32.2. The number of morpholine rings is 1. The Kier molecular flexibility index (Phi) is 5.02. The van der Waals surface area contributed by atoms with Crippen LogP contribution in [0.2, 0.25) is 0 Å². The Hall–Kier alpha value is -2.54. The van der Waals surface area contributed by atoms with Crippen molar-refractivity contribution in [3.05, 3.63) is 52.7 Å². The van der Waals surface area contributed by atoms with E-state index in [1.165, 1.54) is 16.4 Å². The lowest BCUT2D eigenvalue weighted by Gasteiger charge is -2.26. The van der Waals surface area contributed by atoms with Crippen molar-refractivity contribution in [2.75, 3.05) is 26.3 Å². The molecule has 4 rings (SSSR count). The monoisotopic (exact) mass is 421 g/mol. The fourth-order valence-electron chi connectivity index (χ4n) is 2.81. The molecule has 10 nitrogen and oxygen atoms in total. The van der Waals surface area contributed by atoms with Gasteiger partial charge in [0.05, 0.1) is 18.1 Å².